The van der Waals surface area contributed by atoms with Gasteiger partial charge >= 0.3 is 5.97 Å². The van der Waals surface area contributed by atoms with Gasteiger partial charge in [0.05, 0.1) is 31.6 Å². The summed E-state index contributed by atoms with van der Waals surface area (Å²) in [6.07, 6.45) is 1.92. The molecule has 1 saturated heterocycles. The van der Waals surface area contributed by atoms with Gasteiger partial charge < -0.3 is 14.7 Å². The van der Waals surface area contributed by atoms with Crippen LogP contribution in [0.5, 0.6) is 0 Å². The fourth-order valence-corrected chi connectivity index (χ4v) is 2.92. The van der Waals surface area contributed by atoms with Crippen molar-refractivity contribution < 1.29 is 19.4 Å². The summed E-state index contributed by atoms with van der Waals surface area (Å²) in [7, 11) is 0. The molecule has 3 rings (SSSR count). The van der Waals surface area contributed by atoms with Crippen molar-refractivity contribution in [2.24, 2.45) is 0 Å². The third kappa shape index (κ3) is 3.62. The Morgan fingerprint density at radius 2 is 1.92 bits per heavy atom. The number of carbonyl (C=O) groups is 2. The first kappa shape index (κ1) is 17.3. The molecule has 2 atom stereocenters. The number of hydrogen-bond acceptors (Lipinski definition) is 5. The van der Waals surface area contributed by atoms with Crippen molar-refractivity contribution >= 4 is 23.5 Å². The van der Waals surface area contributed by atoms with Gasteiger partial charge in [0, 0.05) is 10.6 Å². The number of hydrogen-bond donors (Lipinski definition) is 1. The zero-order valence-corrected chi connectivity index (χ0v) is 14.2. The molecule has 7 nitrogen and oxygen atoms in total. The zero-order chi connectivity index (χ0) is 18.0. The molecular formula is C17H16ClN3O4. The Bertz CT molecular complexity index is 797. The summed E-state index contributed by atoms with van der Waals surface area (Å²) in [6.45, 7) is 2.56. The molecule has 1 fully saturated rings. The molecule has 2 aromatic rings. The van der Waals surface area contributed by atoms with Gasteiger partial charge in [-0.25, -0.2) is 14.8 Å². The van der Waals surface area contributed by atoms with E-state index in [0.717, 1.165) is 11.8 Å². The Morgan fingerprint density at radius 1 is 1.24 bits per heavy atom. The van der Waals surface area contributed by atoms with Crippen molar-refractivity contribution in [3.63, 3.8) is 0 Å². The number of ether oxygens (including phenoxy) is 1. The molecular weight excluding hydrogens is 346 g/mol. The van der Waals surface area contributed by atoms with Crippen molar-refractivity contribution in [1.82, 2.24) is 14.9 Å². The van der Waals surface area contributed by atoms with Gasteiger partial charge in [-0.3, -0.25) is 4.79 Å². The van der Waals surface area contributed by atoms with Crippen LogP contribution in [0.3, 0.4) is 0 Å². The molecule has 0 aliphatic carbocycles. The highest BCUT2D eigenvalue weighted by Crippen LogP contribution is 2.30. The molecule has 0 radical (unpaired) electrons. The third-order valence-electron chi connectivity index (χ3n) is 4.04. The largest absolute Gasteiger partial charge is 0.476 e. The lowest BCUT2D eigenvalue weighted by molar-refractivity contribution is -0.0488. The van der Waals surface area contributed by atoms with Crippen molar-refractivity contribution in [1.29, 1.82) is 0 Å². The number of amides is 1. The van der Waals surface area contributed by atoms with Crippen LogP contribution in [0.2, 0.25) is 5.02 Å². The minimum atomic E-state index is -1.19. The summed E-state index contributed by atoms with van der Waals surface area (Å²) < 4.78 is 5.83. The molecule has 1 aromatic carbocycles. The number of morpholine rings is 1. The molecule has 1 aliphatic heterocycles. The normalized spacial score (nSPS) is 20.3. The Morgan fingerprint density at radius 3 is 2.56 bits per heavy atom. The third-order valence-corrected chi connectivity index (χ3v) is 4.38. The van der Waals surface area contributed by atoms with E-state index in [9.17, 15) is 9.59 Å². The Hall–Kier alpha value is -2.51. The van der Waals surface area contributed by atoms with E-state index in [1.807, 2.05) is 25.1 Å². The summed E-state index contributed by atoms with van der Waals surface area (Å²) in [4.78, 5) is 32.9. The summed E-state index contributed by atoms with van der Waals surface area (Å²) in [5.74, 6) is -1.51. The number of carboxylic acid groups (broad SMARTS) is 1. The molecule has 2 unspecified atom stereocenters. The second kappa shape index (κ2) is 7.16. The van der Waals surface area contributed by atoms with Crippen LogP contribution in [0.15, 0.2) is 36.7 Å². The van der Waals surface area contributed by atoms with Crippen LogP contribution in [-0.2, 0) is 4.74 Å². The first-order valence-electron chi connectivity index (χ1n) is 7.69. The van der Waals surface area contributed by atoms with Crippen molar-refractivity contribution in [2.45, 2.75) is 19.1 Å². The fourth-order valence-electron chi connectivity index (χ4n) is 2.66. The number of halogens is 1. The van der Waals surface area contributed by atoms with E-state index in [1.54, 1.807) is 11.0 Å². The Kier molecular flexibility index (Phi) is 4.96. The molecule has 0 spiro atoms. The van der Waals surface area contributed by atoms with Crippen molar-refractivity contribution in [3.05, 3.63) is 58.6 Å². The standard InChI is InChI=1S/C17H16ClN3O4/c1-10-9-25-15(11-4-2-3-5-12(11)18)8-21(10)16(22)13-6-20-14(7-19-13)17(23)24/h2-7,10,15H,8-9H2,1H3,(H,23,24). The van der Waals surface area contributed by atoms with Crippen LogP contribution in [0.25, 0.3) is 0 Å². The van der Waals surface area contributed by atoms with Crippen LogP contribution in [0.4, 0.5) is 0 Å². The van der Waals surface area contributed by atoms with E-state index >= 15 is 0 Å². The van der Waals surface area contributed by atoms with Gasteiger partial charge in [0.25, 0.3) is 5.91 Å². The van der Waals surface area contributed by atoms with Crippen LogP contribution in [-0.4, -0.2) is 51.0 Å². The molecule has 130 valence electrons. The Balaban J connectivity index is 1.81. The average Bonchev–Trinajstić information content (AvgIpc) is 2.62. The highest BCUT2D eigenvalue weighted by atomic mass is 35.5. The summed E-state index contributed by atoms with van der Waals surface area (Å²) in [5.41, 5.74) is 0.707. The lowest BCUT2D eigenvalue weighted by atomic mass is 10.1. The van der Waals surface area contributed by atoms with E-state index in [-0.39, 0.29) is 29.4 Å². The summed E-state index contributed by atoms with van der Waals surface area (Å²) in [6, 6.07) is 7.20. The van der Waals surface area contributed by atoms with Gasteiger partial charge in [0.15, 0.2) is 5.69 Å². The minimum Gasteiger partial charge on any atom is -0.476 e. The van der Waals surface area contributed by atoms with Gasteiger partial charge in [-0.15, -0.1) is 0 Å². The zero-order valence-electron chi connectivity index (χ0n) is 13.4. The minimum absolute atomic E-state index is 0.0941. The number of aromatic nitrogens is 2. The average molecular weight is 362 g/mol. The first-order valence-corrected chi connectivity index (χ1v) is 8.07. The van der Waals surface area contributed by atoms with E-state index < -0.39 is 5.97 Å². The van der Waals surface area contributed by atoms with Gasteiger partial charge in [-0.05, 0) is 13.0 Å². The Labute approximate surface area is 149 Å². The van der Waals surface area contributed by atoms with E-state index in [1.165, 1.54) is 6.20 Å². The molecule has 0 bridgehead atoms. The molecule has 25 heavy (non-hydrogen) atoms. The monoisotopic (exact) mass is 361 g/mol. The maximum Gasteiger partial charge on any atom is 0.356 e. The molecule has 1 amide bonds. The topological polar surface area (TPSA) is 92.6 Å². The molecule has 1 aliphatic rings. The number of carbonyl (C=O) groups excluding carboxylic acids is 1. The van der Waals surface area contributed by atoms with Gasteiger partial charge in [-0.2, -0.15) is 0 Å². The quantitative estimate of drug-likeness (QED) is 0.902. The SMILES string of the molecule is CC1COC(c2ccccc2Cl)CN1C(=O)c1cnc(C(=O)O)cn1. The highest BCUT2D eigenvalue weighted by Gasteiger charge is 2.32. The van der Waals surface area contributed by atoms with Gasteiger partial charge in [0.2, 0.25) is 0 Å². The molecule has 1 N–H and O–H groups in total. The lowest BCUT2D eigenvalue weighted by Crippen LogP contribution is -2.48. The number of nitrogens with zero attached hydrogens (tertiary/aromatic N) is 3. The second-order valence-electron chi connectivity index (χ2n) is 5.74. The predicted octanol–water partition coefficient (Wildman–Crippen LogP) is 2.43. The predicted molar refractivity (Wildman–Crippen MR) is 89.6 cm³/mol. The van der Waals surface area contributed by atoms with E-state index in [2.05, 4.69) is 9.97 Å². The fraction of sp³-hybridized carbons (Fsp3) is 0.294. The van der Waals surface area contributed by atoms with Gasteiger partial charge in [-0.1, -0.05) is 29.8 Å². The van der Waals surface area contributed by atoms with Crippen LogP contribution < -0.4 is 0 Å². The number of benzene rings is 1. The van der Waals surface area contributed by atoms with Gasteiger partial charge in [0.1, 0.15) is 11.8 Å². The first-order chi connectivity index (χ1) is 12.0. The maximum absolute atomic E-state index is 12.7. The van der Waals surface area contributed by atoms with Crippen molar-refractivity contribution in [3.8, 4) is 0 Å². The second-order valence-corrected chi connectivity index (χ2v) is 6.15. The molecule has 8 heteroatoms. The smallest absolute Gasteiger partial charge is 0.356 e. The van der Waals surface area contributed by atoms with Crippen LogP contribution >= 0.6 is 11.6 Å². The van der Waals surface area contributed by atoms with Crippen LogP contribution in [0, 0.1) is 0 Å². The highest BCUT2D eigenvalue weighted by molar-refractivity contribution is 6.31. The number of aromatic carboxylic acids is 1. The molecule has 2 heterocycles. The maximum atomic E-state index is 12.7. The number of rotatable bonds is 3. The molecule has 1 aromatic heterocycles. The summed E-state index contributed by atoms with van der Waals surface area (Å²) in [5, 5.41) is 9.45. The number of carboxylic acids is 1. The lowest BCUT2D eigenvalue weighted by Gasteiger charge is -2.38. The summed E-state index contributed by atoms with van der Waals surface area (Å²) >= 11 is 6.22. The molecule has 0 saturated carbocycles. The van der Waals surface area contributed by atoms with Crippen molar-refractivity contribution in [2.75, 3.05) is 13.2 Å². The van der Waals surface area contributed by atoms with Crippen LogP contribution in [0.1, 0.15) is 39.6 Å². The van der Waals surface area contributed by atoms with E-state index in [4.69, 9.17) is 21.4 Å². The van der Waals surface area contributed by atoms with E-state index in [0.29, 0.717) is 18.2 Å².